The first-order valence-corrected chi connectivity index (χ1v) is 11.4. The lowest BCUT2D eigenvalue weighted by atomic mass is 9.98. The highest BCUT2D eigenvalue weighted by Gasteiger charge is 2.20. The average molecular weight is 423 g/mol. The standard InChI is InChI=1S/C25H34N4O2/c30-24-13-18-29(20-22-10-4-14-26-19-22)17-6-11-23(12-16-27-24)25(31)28-15-5-9-21-7-2-1-3-8-21/h1-4,7-8,10,14,19,23H,5-6,9,11-13,15-18,20H2,(H,27,30)(H,28,31). The number of hydrogen-bond donors (Lipinski definition) is 2. The third kappa shape index (κ3) is 8.50. The van der Waals surface area contributed by atoms with E-state index in [9.17, 15) is 9.59 Å². The Morgan fingerprint density at radius 3 is 2.74 bits per heavy atom. The maximum atomic E-state index is 12.8. The molecule has 6 heteroatoms. The van der Waals surface area contributed by atoms with Gasteiger partial charge in [-0.05, 0) is 55.8 Å². The Morgan fingerprint density at radius 2 is 1.94 bits per heavy atom. The Morgan fingerprint density at radius 1 is 1.10 bits per heavy atom. The molecule has 2 aromatic rings. The van der Waals surface area contributed by atoms with E-state index >= 15 is 0 Å². The summed E-state index contributed by atoms with van der Waals surface area (Å²) in [4.78, 5) is 31.4. The summed E-state index contributed by atoms with van der Waals surface area (Å²) in [7, 11) is 0. The molecule has 1 unspecified atom stereocenters. The zero-order chi connectivity index (χ0) is 21.7. The normalized spacial score (nSPS) is 18.6. The molecule has 0 saturated carbocycles. The van der Waals surface area contributed by atoms with E-state index in [4.69, 9.17) is 0 Å². The van der Waals surface area contributed by atoms with Crippen LogP contribution in [0.3, 0.4) is 0 Å². The topological polar surface area (TPSA) is 74.3 Å². The lowest BCUT2D eigenvalue weighted by Gasteiger charge is -2.22. The first-order valence-electron chi connectivity index (χ1n) is 11.4. The molecule has 31 heavy (non-hydrogen) atoms. The van der Waals surface area contributed by atoms with E-state index in [1.807, 2.05) is 30.5 Å². The van der Waals surface area contributed by atoms with Crippen LogP contribution in [0, 0.1) is 5.92 Å². The molecule has 1 aromatic heterocycles. The van der Waals surface area contributed by atoms with Gasteiger partial charge in [-0.15, -0.1) is 0 Å². The summed E-state index contributed by atoms with van der Waals surface area (Å²) < 4.78 is 0. The molecule has 3 rings (SSSR count). The summed E-state index contributed by atoms with van der Waals surface area (Å²) in [6.07, 6.45) is 8.49. The van der Waals surface area contributed by atoms with Gasteiger partial charge in [0.1, 0.15) is 0 Å². The lowest BCUT2D eigenvalue weighted by Crippen LogP contribution is -2.34. The van der Waals surface area contributed by atoms with Crippen molar-refractivity contribution < 1.29 is 9.59 Å². The highest BCUT2D eigenvalue weighted by molar-refractivity contribution is 5.79. The number of nitrogens with one attached hydrogen (secondary N) is 2. The van der Waals surface area contributed by atoms with E-state index in [1.165, 1.54) is 5.56 Å². The molecule has 2 heterocycles. The van der Waals surface area contributed by atoms with Crippen LogP contribution in [0.4, 0.5) is 0 Å². The number of hydrogen-bond acceptors (Lipinski definition) is 4. The Hall–Kier alpha value is -2.73. The monoisotopic (exact) mass is 422 g/mol. The van der Waals surface area contributed by atoms with Gasteiger partial charge in [-0.2, -0.15) is 0 Å². The minimum atomic E-state index is -0.0598. The average Bonchev–Trinajstić information content (AvgIpc) is 2.83. The van der Waals surface area contributed by atoms with Gasteiger partial charge in [0.25, 0.3) is 0 Å². The van der Waals surface area contributed by atoms with E-state index in [1.54, 1.807) is 6.20 Å². The Kier molecular flexibility index (Phi) is 9.51. The van der Waals surface area contributed by atoms with Crippen molar-refractivity contribution >= 4 is 11.8 Å². The molecule has 1 aromatic carbocycles. The van der Waals surface area contributed by atoms with Gasteiger partial charge < -0.3 is 10.6 Å². The van der Waals surface area contributed by atoms with E-state index in [-0.39, 0.29) is 17.7 Å². The molecule has 2 N–H and O–H groups in total. The molecule has 1 atom stereocenters. The number of rotatable bonds is 7. The van der Waals surface area contributed by atoms with Gasteiger partial charge in [0.15, 0.2) is 0 Å². The summed E-state index contributed by atoms with van der Waals surface area (Å²) in [5.41, 5.74) is 2.44. The zero-order valence-corrected chi connectivity index (χ0v) is 18.3. The van der Waals surface area contributed by atoms with Crippen molar-refractivity contribution in [3.05, 3.63) is 66.0 Å². The van der Waals surface area contributed by atoms with E-state index < -0.39 is 0 Å². The summed E-state index contributed by atoms with van der Waals surface area (Å²) in [5.74, 6) is 0.107. The first kappa shape index (κ1) is 22.9. The fourth-order valence-corrected chi connectivity index (χ4v) is 4.01. The molecule has 1 aliphatic rings. The van der Waals surface area contributed by atoms with Gasteiger partial charge in [-0.25, -0.2) is 0 Å². The quantitative estimate of drug-likeness (QED) is 0.673. The molecule has 0 spiro atoms. The number of aryl methyl sites for hydroxylation is 1. The molecule has 0 aliphatic carbocycles. The van der Waals surface area contributed by atoms with Crippen molar-refractivity contribution in [2.75, 3.05) is 26.2 Å². The van der Waals surface area contributed by atoms with Crippen LogP contribution in [0.2, 0.25) is 0 Å². The third-order valence-electron chi connectivity index (χ3n) is 5.78. The minimum absolute atomic E-state index is 0.0557. The highest BCUT2D eigenvalue weighted by Crippen LogP contribution is 2.15. The Bertz CT molecular complexity index is 798. The van der Waals surface area contributed by atoms with Crippen molar-refractivity contribution in [3.63, 3.8) is 0 Å². The molecule has 0 bridgehead atoms. The third-order valence-corrected chi connectivity index (χ3v) is 5.78. The summed E-state index contributed by atoms with van der Waals surface area (Å²) in [5, 5.41) is 6.09. The smallest absolute Gasteiger partial charge is 0.223 e. The van der Waals surface area contributed by atoms with Crippen LogP contribution in [-0.2, 0) is 22.6 Å². The van der Waals surface area contributed by atoms with Gasteiger partial charge >= 0.3 is 0 Å². The molecule has 6 nitrogen and oxygen atoms in total. The number of pyridine rings is 1. The number of amides is 2. The van der Waals surface area contributed by atoms with E-state index in [0.717, 1.165) is 50.9 Å². The fraction of sp³-hybridized carbons (Fsp3) is 0.480. The lowest BCUT2D eigenvalue weighted by molar-refractivity contribution is -0.126. The van der Waals surface area contributed by atoms with Gasteiger partial charge in [-0.3, -0.25) is 19.5 Å². The second-order valence-corrected chi connectivity index (χ2v) is 8.25. The minimum Gasteiger partial charge on any atom is -0.356 e. The van der Waals surface area contributed by atoms with Crippen LogP contribution in [0.1, 0.15) is 43.2 Å². The van der Waals surface area contributed by atoms with Crippen molar-refractivity contribution in [1.82, 2.24) is 20.5 Å². The summed E-state index contributed by atoms with van der Waals surface area (Å²) >= 11 is 0. The van der Waals surface area contributed by atoms with Crippen molar-refractivity contribution in [1.29, 1.82) is 0 Å². The van der Waals surface area contributed by atoms with Gasteiger partial charge in [-0.1, -0.05) is 36.4 Å². The second kappa shape index (κ2) is 12.8. The molecule has 1 saturated heterocycles. The molecular formula is C25H34N4O2. The van der Waals surface area contributed by atoms with Crippen LogP contribution in [-0.4, -0.2) is 47.9 Å². The van der Waals surface area contributed by atoms with Crippen LogP contribution in [0.5, 0.6) is 0 Å². The molecule has 166 valence electrons. The van der Waals surface area contributed by atoms with E-state index in [2.05, 4.69) is 38.7 Å². The number of nitrogens with zero attached hydrogens (tertiary/aromatic N) is 2. The molecular weight excluding hydrogens is 388 g/mol. The van der Waals surface area contributed by atoms with Crippen molar-refractivity contribution in [2.45, 2.75) is 45.1 Å². The van der Waals surface area contributed by atoms with Crippen molar-refractivity contribution in [3.8, 4) is 0 Å². The van der Waals surface area contributed by atoms with Crippen molar-refractivity contribution in [2.24, 2.45) is 5.92 Å². The molecule has 2 amide bonds. The summed E-state index contributed by atoms with van der Waals surface area (Å²) in [6.45, 7) is 3.61. The number of carbonyl (C=O) groups is 2. The van der Waals surface area contributed by atoms with Crippen LogP contribution < -0.4 is 10.6 Å². The maximum Gasteiger partial charge on any atom is 0.223 e. The molecule has 1 aliphatic heterocycles. The molecule has 1 fully saturated rings. The second-order valence-electron chi connectivity index (χ2n) is 8.25. The SMILES string of the molecule is O=C1CCN(Cc2cccnc2)CCCC(C(=O)NCCCc2ccccc2)CCN1. The predicted molar refractivity (Wildman–Crippen MR) is 122 cm³/mol. The largest absolute Gasteiger partial charge is 0.356 e. The van der Waals surface area contributed by atoms with Gasteiger partial charge in [0, 0.05) is 50.9 Å². The molecule has 0 radical (unpaired) electrons. The number of carbonyl (C=O) groups excluding carboxylic acids is 2. The number of aromatic nitrogens is 1. The zero-order valence-electron chi connectivity index (χ0n) is 18.3. The van der Waals surface area contributed by atoms with E-state index in [0.29, 0.717) is 25.9 Å². The van der Waals surface area contributed by atoms with Gasteiger partial charge in [0.05, 0.1) is 0 Å². The Labute approximate surface area is 185 Å². The van der Waals surface area contributed by atoms with Crippen LogP contribution in [0.15, 0.2) is 54.9 Å². The predicted octanol–water partition coefficient (Wildman–Crippen LogP) is 2.94. The first-order chi connectivity index (χ1) is 15.2. The highest BCUT2D eigenvalue weighted by atomic mass is 16.2. The maximum absolute atomic E-state index is 12.8. The van der Waals surface area contributed by atoms with Crippen LogP contribution in [0.25, 0.3) is 0 Å². The number of benzene rings is 1. The van der Waals surface area contributed by atoms with Gasteiger partial charge in [0.2, 0.25) is 11.8 Å². The Balaban J connectivity index is 1.47. The summed E-state index contributed by atoms with van der Waals surface area (Å²) in [6, 6.07) is 14.3. The van der Waals surface area contributed by atoms with Crippen LogP contribution >= 0.6 is 0 Å². The fourth-order valence-electron chi connectivity index (χ4n) is 4.01.